The average molecular weight is 286 g/mol. The minimum absolute atomic E-state index is 0.0974. The highest BCUT2D eigenvalue weighted by Gasteiger charge is 2.29. The lowest BCUT2D eigenvalue weighted by Gasteiger charge is -2.24. The molecule has 1 aromatic carbocycles. The fraction of sp³-hybridized carbons (Fsp3) is 0.571. The van der Waals surface area contributed by atoms with Crippen LogP contribution in [0.15, 0.2) is 12.1 Å². The molecule has 0 spiro atoms. The molecular weight excluding hydrogens is 266 g/mol. The summed E-state index contributed by atoms with van der Waals surface area (Å²) in [6.45, 7) is 6.48. The highest BCUT2D eigenvalue weighted by molar-refractivity contribution is 5.45. The molecule has 112 valence electrons. The van der Waals surface area contributed by atoms with Crippen LogP contribution in [-0.4, -0.2) is 17.5 Å². The largest absolute Gasteiger partial charge is 0.314 e. The summed E-state index contributed by atoms with van der Waals surface area (Å²) >= 11 is 0. The SMILES string of the molecule is CCCNC(C)C(CC)c1cc(F)cc(F)c1[N+](=O)[O-]. The molecule has 20 heavy (non-hydrogen) atoms. The molecule has 0 saturated heterocycles. The summed E-state index contributed by atoms with van der Waals surface area (Å²) in [5.74, 6) is -2.22. The normalized spacial score (nSPS) is 14.1. The molecule has 1 N–H and O–H groups in total. The van der Waals surface area contributed by atoms with Gasteiger partial charge in [0, 0.05) is 23.6 Å². The lowest BCUT2D eigenvalue weighted by Crippen LogP contribution is -2.33. The summed E-state index contributed by atoms with van der Waals surface area (Å²) in [6, 6.07) is 1.53. The number of hydrogen-bond acceptors (Lipinski definition) is 3. The van der Waals surface area contributed by atoms with Crippen LogP contribution in [0.2, 0.25) is 0 Å². The topological polar surface area (TPSA) is 55.2 Å². The second kappa shape index (κ2) is 7.28. The number of benzene rings is 1. The van der Waals surface area contributed by atoms with Crippen LogP contribution in [0.5, 0.6) is 0 Å². The summed E-state index contributed by atoms with van der Waals surface area (Å²) < 4.78 is 27.1. The Morgan fingerprint density at radius 2 is 2.00 bits per heavy atom. The van der Waals surface area contributed by atoms with Crippen LogP contribution in [-0.2, 0) is 0 Å². The van der Waals surface area contributed by atoms with Gasteiger partial charge >= 0.3 is 5.69 Å². The molecule has 0 aliphatic carbocycles. The molecule has 6 heteroatoms. The molecule has 0 radical (unpaired) electrons. The van der Waals surface area contributed by atoms with Gasteiger partial charge in [-0.3, -0.25) is 10.1 Å². The second-order valence-corrected chi connectivity index (χ2v) is 4.84. The molecule has 1 rings (SSSR count). The van der Waals surface area contributed by atoms with Gasteiger partial charge in [-0.15, -0.1) is 0 Å². The van der Waals surface area contributed by atoms with Crippen molar-refractivity contribution in [2.24, 2.45) is 0 Å². The van der Waals surface area contributed by atoms with E-state index in [0.29, 0.717) is 12.5 Å². The van der Waals surface area contributed by atoms with E-state index in [-0.39, 0.29) is 17.5 Å². The van der Waals surface area contributed by atoms with Crippen molar-refractivity contribution in [3.05, 3.63) is 39.4 Å². The number of halogens is 2. The summed E-state index contributed by atoms with van der Waals surface area (Å²) in [5.41, 5.74) is -0.505. The zero-order chi connectivity index (χ0) is 15.3. The van der Waals surface area contributed by atoms with Gasteiger partial charge in [0.25, 0.3) is 0 Å². The number of rotatable bonds is 7. The van der Waals surface area contributed by atoms with Gasteiger partial charge in [0.1, 0.15) is 5.82 Å². The van der Waals surface area contributed by atoms with Crippen LogP contribution in [0.1, 0.15) is 45.1 Å². The van der Waals surface area contributed by atoms with Gasteiger partial charge in [-0.25, -0.2) is 4.39 Å². The van der Waals surface area contributed by atoms with Gasteiger partial charge in [0.15, 0.2) is 0 Å². The van der Waals surface area contributed by atoms with E-state index in [0.717, 1.165) is 19.0 Å². The molecule has 2 unspecified atom stereocenters. The maximum atomic E-state index is 13.7. The Hall–Kier alpha value is -1.56. The van der Waals surface area contributed by atoms with E-state index >= 15 is 0 Å². The first-order chi connectivity index (χ1) is 9.42. The fourth-order valence-electron chi connectivity index (χ4n) is 2.42. The van der Waals surface area contributed by atoms with E-state index < -0.39 is 22.2 Å². The minimum Gasteiger partial charge on any atom is -0.314 e. The molecule has 0 aliphatic heterocycles. The summed E-state index contributed by atoms with van der Waals surface area (Å²) in [6.07, 6.45) is 1.47. The van der Waals surface area contributed by atoms with Crippen molar-refractivity contribution in [3.63, 3.8) is 0 Å². The molecule has 0 aliphatic rings. The van der Waals surface area contributed by atoms with Crippen LogP contribution in [0.25, 0.3) is 0 Å². The third-order valence-electron chi connectivity index (χ3n) is 3.40. The standard InChI is InChI=1S/C14H20F2N2O2/c1-4-6-17-9(3)11(5-2)12-7-10(15)8-13(16)14(12)18(19)20/h7-9,11,17H,4-6H2,1-3H3. The number of nitro benzene ring substituents is 1. The van der Waals surface area contributed by atoms with Gasteiger partial charge in [0.2, 0.25) is 5.82 Å². The smallest absolute Gasteiger partial charge is 0.308 e. The maximum absolute atomic E-state index is 13.7. The van der Waals surface area contributed by atoms with Gasteiger partial charge in [-0.2, -0.15) is 4.39 Å². The Morgan fingerprint density at radius 3 is 2.50 bits per heavy atom. The minimum atomic E-state index is -1.12. The molecule has 2 atom stereocenters. The summed E-state index contributed by atoms with van der Waals surface area (Å²) in [7, 11) is 0. The van der Waals surface area contributed by atoms with Crippen LogP contribution in [0, 0.1) is 21.7 Å². The van der Waals surface area contributed by atoms with E-state index in [2.05, 4.69) is 5.32 Å². The Bertz CT molecular complexity index is 480. The highest BCUT2D eigenvalue weighted by Crippen LogP contribution is 2.34. The van der Waals surface area contributed by atoms with Crippen LogP contribution < -0.4 is 5.32 Å². The van der Waals surface area contributed by atoms with Gasteiger partial charge in [0.05, 0.1) is 4.92 Å². The predicted octanol–water partition coefficient (Wildman–Crippen LogP) is 3.75. The molecule has 0 aromatic heterocycles. The van der Waals surface area contributed by atoms with Crippen molar-refractivity contribution >= 4 is 5.69 Å². The molecule has 0 heterocycles. The summed E-state index contributed by atoms with van der Waals surface area (Å²) in [4.78, 5) is 10.3. The number of nitrogens with zero attached hydrogens (tertiary/aromatic N) is 1. The van der Waals surface area contributed by atoms with Crippen molar-refractivity contribution in [2.75, 3.05) is 6.54 Å². The fourth-order valence-corrected chi connectivity index (χ4v) is 2.42. The predicted molar refractivity (Wildman–Crippen MR) is 73.8 cm³/mol. The molecule has 0 bridgehead atoms. The second-order valence-electron chi connectivity index (χ2n) is 4.84. The monoisotopic (exact) mass is 286 g/mol. The molecule has 0 saturated carbocycles. The number of hydrogen-bond donors (Lipinski definition) is 1. The third kappa shape index (κ3) is 3.72. The summed E-state index contributed by atoms with van der Waals surface area (Å²) in [5, 5.41) is 14.3. The Morgan fingerprint density at radius 1 is 1.35 bits per heavy atom. The molecule has 1 aromatic rings. The number of nitrogens with one attached hydrogen (secondary N) is 1. The zero-order valence-corrected chi connectivity index (χ0v) is 12.0. The molecule has 0 fully saturated rings. The maximum Gasteiger partial charge on any atom is 0.308 e. The lowest BCUT2D eigenvalue weighted by atomic mass is 9.88. The van der Waals surface area contributed by atoms with Crippen molar-refractivity contribution < 1.29 is 13.7 Å². The first-order valence-corrected chi connectivity index (χ1v) is 6.79. The quantitative estimate of drug-likeness (QED) is 0.613. The van der Waals surface area contributed by atoms with Gasteiger partial charge in [-0.05, 0) is 32.4 Å². The van der Waals surface area contributed by atoms with Crippen molar-refractivity contribution in [1.82, 2.24) is 5.32 Å². The van der Waals surface area contributed by atoms with Crippen molar-refractivity contribution in [2.45, 2.75) is 45.6 Å². The van der Waals surface area contributed by atoms with E-state index in [4.69, 9.17) is 0 Å². The molecular formula is C14H20F2N2O2. The van der Waals surface area contributed by atoms with Crippen LogP contribution in [0.3, 0.4) is 0 Å². The third-order valence-corrected chi connectivity index (χ3v) is 3.40. The Kier molecular flexibility index (Phi) is 6.01. The van der Waals surface area contributed by atoms with Gasteiger partial charge in [-0.1, -0.05) is 13.8 Å². The van der Waals surface area contributed by atoms with Crippen LogP contribution in [0.4, 0.5) is 14.5 Å². The van der Waals surface area contributed by atoms with E-state index in [1.165, 1.54) is 0 Å². The van der Waals surface area contributed by atoms with Crippen molar-refractivity contribution in [1.29, 1.82) is 0 Å². The first-order valence-electron chi connectivity index (χ1n) is 6.79. The Balaban J connectivity index is 3.23. The Labute approximate surface area is 117 Å². The first kappa shape index (κ1) is 16.5. The van der Waals surface area contributed by atoms with E-state index in [9.17, 15) is 18.9 Å². The molecule has 4 nitrogen and oxygen atoms in total. The highest BCUT2D eigenvalue weighted by atomic mass is 19.1. The average Bonchev–Trinajstić information content (AvgIpc) is 2.35. The van der Waals surface area contributed by atoms with Crippen molar-refractivity contribution in [3.8, 4) is 0 Å². The number of nitro groups is 1. The van der Waals surface area contributed by atoms with E-state index in [1.807, 2.05) is 20.8 Å². The van der Waals surface area contributed by atoms with Crippen LogP contribution >= 0.6 is 0 Å². The zero-order valence-electron chi connectivity index (χ0n) is 12.0. The molecule has 0 amide bonds. The lowest BCUT2D eigenvalue weighted by molar-refractivity contribution is -0.388. The van der Waals surface area contributed by atoms with Gasteiger partial charge < -0.3 is 5.32 Å². The van der Waals surface area contributed by atoms with E-state index in [1.54, 1.807) is 0 Å².